The third-order valence-electron chi connectivity index (χ3n) is 2.38. The summed E-state index contributed by atoms with van der Waals surface area (Å²) in [6.07, 6.45) is 1.73. The zero-order chi connectivity index (χ0) is 11.0. The predicted octanol–water partition coefficient (Wildman–Crippen LogP) is 1.74. The summed E-state index contributed by atoms with van der Waals surface area (Å²) in [5.74, 6) is -0.704. The zero-order valence-corrected chi connectivity index (χ0v) is 8.27. The van der Waals surface area contributed by atoms with Crippen LogP contribution >= 0.6 is 0 Å². The van der Waals surface area contributed by atoms with Crippen LogP contribution in [0.4, 0.5) is 0 Å². The van der Waals surface area contributed by atoms with Gasteiger partial charge in [-0.2, -0.15) is 0 Å². The quantitative estimate of drug-likeness (QED) is 0.784. The first-order chi connectivity index (χ1) is 7.09. The summed E-state index contributed by atoms with van der Waals surface area (Å²) < 4.78 is 1.62. The van der Waals surface area contributed by atoms with Crippen molar-refractivity contribution in [1.82, 2.24) is 4.57 Å². The zero-order valence-electron chi connectivity index (χ0n) is 8.27. The molecule has 1 aromatic carbocycles. The van der Waals surface area contributed by atoms with Crippen molar-refractivity contribution in [3.05, 3.63) is 30.0 Å². The second-order valence-corrected chi connectivity index (χ2v) is 3.51. The fraction of sp³-hybridized carbons (Fsp3) is 0.182. The molecule has 4 nitrogen and oxygen atoms in total. The summed E-state index contributed by atoms with van der Waals surface area (Å²) in [4.78, 5) is 10.6. The van der Waals surface area contributed by atoms with E-state index in [0.29, 0.717) is 0 Å². The van der Waals surface area contributed by atoms with Gasteiger partial charge in [-0.15, -0.1) is 0 Å². The lowest BCUT2D eigenvalue weighted by Gasteiger charge is -2.01. The molecule has 0 bridgehead atoms. The van der Waals surface area contributed by atoms with Crippen molar-refractivity contribution in [1.29, 1.82) is 0 Å². The topological polar surface area (TPSA) is 62.5 Å². The molecule has 2 rings (SSSR count). The molecular weight excluding hydrogens is 194 g/mol. The number of aryl methyl sites for hydroxylation is 1. The van der Waals surface area contributed by atoms with Crippen LogP contribution in [0.1, 0.15) is 5.56 Å². The number of aromatic hydroxyl groups is 1. The Balaban J connectivity index is 2.68. The highest BCUT2D eigenvalue weighted by molar-refractivity contribution is 5.90. The monoisotopic (exact) mass is 205 g/mol. The fourth-order valence-corrected chi connectivity index (χ4v) is 1.82. The van der Waals surface area contributed by atoms with E-state index in [1.54, 1.807) is 29.0 Å². The second-order valence-electron chi connectivity index (χ2n) is 3.51. The fourth-order valence-electron chi connectivity index (χ4n) is 1.82. The van der Waals surface area contributed by atoms with Crippen molar-refractivity contribution in [2.75, 3.05) is 0 Å². The Morgan fingerprint density at radius 2 is 2.20 bits per heavy atom. The standard InChI is InChI=1S/C11H11NO3/c1-7-5-12(6-10(14)15)8-3-2-4-9(13)11(7)8/h2-5,13H,6H2,1H3,(H,14,15). The number of carboxylic acid groups (broad SMARTS) is 1. The molecule has 0 unspecified atom stereocenters. The Bertz CT molecular complexity index is 528. The Morgan fingerprint density at radius 1 is 1.47 bits per heavy atom. The van der Waals surface area contributed by atoms with Crippen molar-refractivity contribution in [2.24, 2.45) is 0 Å². The highest BCUT2D eigenvalue weighted by atomic mass is 16.4. The number of rotatable bonds is 2. The number of phenols is 1. The number of hydrogen-bond donors (Lipinski definition) is 2. The maximum absolute atomic E-state index is 10.6. The normalized spacial score (nSPS) is 10.7. The SMILES string of the molecule is Cc1cn(CC(=O)O)c2cccc(O)c12. The van der Waals surface area contributed by atoms with E-state index in [1.807, 2.05) is 6.92 Å². The number of nitrogens with zero attached hydrogens (tertiary/aromatic N) is 1. The molecule has 0 saturated carbocycles. The Labute approximate surface area is 86.4 Å². The van der Waals surface area contributed by atoms with Gasteiger partial charge in [0.25, 0.3) is 0 Å². The van der Waals surface area contributed by atoms with Crippen LogP contribution in [0.5, 0.6) is 5.75 Å². The van der Waals surface area contributed by atoms with Crippen molar-refractivity contribution in [3.8, 4) is 5.75 Å². The molecule has 2 aromatic rings. The van der Waals surface area contributed by atoms with Crippen molar-refractivity contribution in [3.63, 3.8) is 0 Å². The number of aliphatic carboxylic acids is 1. The summed E-state index contributed by atoms with van der Waals surface area (Å²) in [7, 11) is 0. The van der Waals surface area contributed by atoms with Gasteiger partial charge in [-0.25, -0.2) is 0 Å². The number of fused-ring (bicyclic) bond motifs is 1. The van der Waals surface area contributed by atoms with Gasteiger partial charge in [0.2, 0.25) is 0 Å². The van der Waals surface area contributed by atoms with E-state index in [1.165, 1.54) is 0 Å². The number of phenolic OH excluding ortho intramolecular Hbond substituents is 1. The minimum Gasteiger partial charge on any atom is -0.507 e. The van der Waals surface area contributed by atoms with E-state index in [-0.39, 0.29) is 12.3 Å². The van der Waals surface area contributed by atoms with E-state index in [0.717, 1.165) is 16.5 Å². The Morgan fingerprint density at radius 3 is 2.87 bits per heavy atom. The van der Waals surface area contributed by atoms with Crippen LogP contribution in [0.25, 0.3) is 10.9 Å². The molecule has 0 atom stereocenters. The van der Waals surface area contributed by atoms with Crippen LogP contribution < -0.4 is 0 Å². The first-order valence-corrected chi connectivity index (χ1v) is 4.59. The van der Waals surface area contributed by atoms with Crippen LogP contribution in [0.15, 0.2) is 24.4 Å². The highest BCUT2D eigenvalue weighted by Gasteiger charge is 2.10. The highest BCUT2D eigenvalue weighted by Crippen LogP contribution is 2.28. The van der Waals surface area contributed by atoms with Gasteiger partial charge in [0.15, 0.2) is 0 Å². The van der Waals surface area contributed by atoms with Crippen LogP contribution in [0.3, 0.4) is 0 Å². The molecule has 0 saturated heterocycles. The molecule has 0 amide bonds. The lowest BCUT2D eigenvalue weighted by molar-refractivity contribution is -0.137. The van der Waals surface area contributed by atoms with Crippen molar-refractivity contribution < 1.29 is 15.0 Å². The number of aromatic nitrogens is 1. The molecule has 0 aliphatic carbocycles. The van der Waals surface area contributed by atoms with E-state index in [4.69, 9.17) is 5.11 Å². The lowest BCUT2D eigenvalue weighted by atomic mass is 10.2. The maximum atomic E-state index is 10.6. The summed E-state index contributed by atoms with van der Waals surface area (Å²) in [6.45, 7) is 1.76. The van der Waals surface area contributed by atoms with Gasteiger partial charge in [-0.1, -0.05) is 6.07 Å². The van der Waals surface area contributed by atoms with Gasteiger partial charge in [-0.05, 0) is 24.6 Å². The second kappa shape index (κ2) is 3.31. The van der Waals surface area contributed by atoms with Crippen LogP contribution in [-0.2, 0) is 11.3 Å². The largest absolute Gasteiger partial charge is 0.507 e. The summed E-state index contributed by atoms with van der Waals surface area (Å²) >= 11 is 0. The Hall–Kier alpha value is -1.97. The molecule has 1 aromatic heterocycles. The van der Waals surface area contributed by atoms with E-state index in [2.05, 4.69) is 0 Å². The molecule has 0 fully saturated rings. The number of hydrogen-bond acceptors (Lipinski definition) is 2. The van der Waals surface area contributed by atoms with Crippen molar-refractivity contribution >= 4 is 16.9 Å². The maximum Gasteiger partial charge on any atom is 0.323 e. The molecular formula is C11H11NO3. The lowest BCUT2D eigenvalue weighted by Crippen LogP contribution is -2.07. The van der Waals surface area contributed by atoms with Crippen LogP contribution in [0, 0.1) is 6.92 Å². The first-order valence-electron chi connectivity index (χ1n) is 4.59. The average molecular weight is 205 g/mol. The summed E-state index contributed by atoms with van der Waals surface area (Å²) in [6, 6.07) is 5.10. The first kappa shape index (κ1) is 9.58. The van der Waals surface area contributed by atoms with Gasteiger partial charge < -0.3 is 14.8 Å². The molecule has 78 valence electrons. The summed E-state index contributed by atoms with van der Waals surface area (Å²) in [5, 5.41) is 19.1. The predicted molar refractivity (Wildman–Crippen MR) is 56.0 cm³/mol. The average Bonchev–Trinajstić information content (AvgIpc) is 2.44. The third kappa shape index (κ3) is 1.54. The molecule has 2 N–H and O–H groups in total. The summed E-state index contributed by atoms with van der Waals surface area (Å²) in [5.41, 5.74) is 1.62. The minimum atomic E-state index is -0.893. The van der Waals surface area contributed by atoms with Gasteiger partial charge >= 0.3 is 5.97 Å². The van der Waals surface area contributed by atoms with E-state index >= 15 is 0 Å². The molecule has 0 aliphatic rings. The number of carbonyl (C=O) groups is 1. The van der Waals surface area contributed by atoms with Gasteiger partial charge in [0.1, 0.15) is 12.3 Å². The van der Waals surface area contributed by atoms with E-state index in [9.17, 15) is 9.90 Å². The van der Waals surface area contributed by atoms with Crippen LogP contribution in [-0.4, -0.2) is 20.7 Å². The molecule has 0 aliphatic heterocycles. The molecule has 1 heterocycles. The van der Waals surface area contributed by atoms with Gasteiger partial charge in [-0.3, -0.25) is 4.79 Å². The molecule has 0 radical (unpaired) electrons. The van der Waals surface area contributed by atoms with E-state index < -0.39 is 5.97 Å². The third-order valence-corrected chi connectivity index (χ3v) is 2.38. The Kier molecular flexibility index (Phi) is 2.11. The van der Waals surface area contributed by atoms with Gasteiger partial charge in [0, 0.05) is 11.6 Å². The smallest absolute Gasteiger partial charge is 0.323 e. The van der Waals surface area contributed by atoms with Crippen LogP contribution in [0.2, 0.25) is 0 Å². The molecule has 0 spiro atoms. The minimum absolute atomic E-state index is 0.0895. The van der Waals surface area contributed by atoms with Gasteiger partial charge in [0.05, 0.1) is 5.52 Å². The van der Waals surface area contributed by atoms with Crippen molar-refractivity contribution in [2.45, 2.75) is 13.5 Å². The number of benzene rings is 1. The number of carboxylic acids is 1. The molecule has 15 heavy (non-hydrogen) atoms. The molecule has 4 heteroatoms.